The van der Waals surface area contributed by atoms with Crippen molar-refractivity contribution in [3.8, 4) is 22.8 Å². The average Bonchev–Trinajstić information content (AvgIpc) is 2.88. The summed E-state index contributed by atoms with van der Waals surface area (Å²) in [7, 11) is 3.29. The molecule has 1 atom stereocenters. The summed E-state index contributed by atoms with van der Waals surface area (Å²) < 4.78 is 10.7. The number of fused-ring (bicyclic) bond motifs is 3. The minimum Gasteiger partial charge on any atom is -0.493 e. The van der Waals surface area contributed by atoms with Gasteiger partial charge in [-0.3, -0.25) is 0 Å². The van der Waals surface area contributed by atoms with Crippen molar-refractivity contribution in [1.82, 2.24) is 9.97 Å². The summed E-state index contributed by atoms with van der Waals surface area (Å²) in [6.45, 7) is 0.707. The van der Waals surface area contributed by atoms with Gasteiger partial charge in [-0.2, -0.15) is 0 Å². The van der Waals surface area contributed by atoms with Gasteiger partial charge >= 0.3 is 0 Å². The molecule has 5 nitrogen and oxygen atoms in total. The van der Waals surface area contributed by atoms with E-state index in [-0.39, 0.29) is 5.92 Å². The van der Waals surface area contributed by atoms with Crippen LogP contribution in [0.1, 0.15) is 28.2 Å². The minimum absolute atomic E-state index is 0.185. The lowest BCUT2D eigenvalue weighted by molar-refractivity contribution is 0.354. The smallest absolute Gasteiger partial charge is 0.223 e. The highest BCUT2D eigenvalue weighted by molar-refractivity contribution is 6.31. The molecule has 4 aromatic rings. The Balaban J connectivity index is 1.36. The van der Waals surface area contributed by atoms with E-state index in [1.54, 1.807) is 14.2 Å². The highest BCUT2D eigenvalue weighted by Crippen LogP contribution is 2.43. The quantitative estimate of drug-likeness (QED) is 0.350. The fourth-order valence-electron chi connectivity index (χ4n) is 4.61. The van der Waals surface area contributed by atoms with Gasteiger partial charge in [-0.25, -0.2) is 9.97 Å². The Morgan fingerprint density at radius 2 is 1.71 bits per heavy atom. The van der Waals surface area contributed by atoms with Gasteiger partial charge in [0.1, 0.15) is 0 Å². The molecule has 34 heavy (non-hydrogen) atoms. The lowest BCUT2D eigenvalue weighted by Crippen LogP contribution is -2.16. The van der Waals surface area contributed by atoms with E-state index in [1.807, 2.05) is 42.6 Å². The Morgan fingerprint density at radius 3 is 2.50 bits per heavy atom. The van der Waals surface area contributed by atoms with Crippen LogP contribution in [0.2, 0.25) is 5.02 Å². The van der Waals surface area contributed by atoms with Gasteiger partial charge in [-0.1, -0.05) is 60.1 Å². The van der Waals surface area contributed by atoms with Gasteiger partial charge in [0.15, 0.2) is 11.5 Å². The molecule has 1 aromatic heterocycles. The molecule has 1 aliphatic rings. The van der Waals surface area contributed by atoms with Crippen LogP contribution in [0, 0.1) is 0 Å². The van der Waals surface area contributed by atoms with Crippen molar-refractivity contribution in [2.75, 3.05) is 26.1 Å². The number of hydrogen-bond donors (Lipinski definition) is 1. The van der Waals surface area contributed by atoms with E-state index in [0.29, 0.717) is 12.5 Å². The number of methoxy groups -OCH3 is 2. The second-order valence-electron chi connectivity index (χ2n) is 8.30. The van der Waals surface area contributed by atoms with E-state index in [1.165, 1.54) is 5.56 Å². The summed E-state index contributed by atoms with van der Waals surface area (Å²) in [6, 6.07) is 22.5. The van der Waals surface area contributed by atoms with E-state index in [0.717, 1.165) is 57.3 Å². The first-order chi connectivity index (χ1) is 16.7. The Labute approximate surface area is 204 Å². The largest absolute Gasteiger partial charge is 0.493 e. The van der Waals surface area contributed by atoms with E-state index in [9.17, 15) is 0 Å². The number of hydrogen-bond acceptors (Lipinski definition) is 5. The van der Waals surface area contributed by atoms with Gasteiger partial charge in [-0.05, 0) is 53.3 Å². The molecule has 1 unspecified atom stereocenters. The number of ether oxygens (including phenoxy) is 2. The fraction of sp³-hybridized carbons (Fsp3) is 0.214. The third-order valence-corrected chi connectivity index (χ3v) is 6.65. The number of anilines is 1. The molecule has 1 aliphatic carbocycles. The molecule has 172 valence electrons. The SMILES string of the molecule is COc1ccc(CCNc2ncc3c(n2)-c2ccccc2C(c2ccccc2Cl)C3)cc1OC. The summed E-state index contributed by atoms with van der Waals surface area (Å²) in [6.07, 6.45) is 3.58. The van der Waals surface area contributed by atoms with E-state index >= 15 is 0 Å². The molecule has 0 aliphatic heterocycles. The fourth-order valence-corrected chi connectivity index (χ4v) is 4.88. The molecule has 0 bridgehead atoms. The Bertz CT molecular complexity index is 1320. The molecule has 0 fully saturated rings. The van der Waals surface area contributed by atoms with Crippen LogP contribution < -0.4 is 14.8 Å². The second-order valence-corrected chi connectivity index (χ2v) is 8.71. The lowest BCUT2D eigenvalue weighted by Gasteiger charge is -2.28. The summed E-state index contributed by atoms with van der Waals surface area (Å²) in [5.74, 6) is 2.27. The van der Waals surface area contributed by atoms with Crippen LogP contribution >= 0.6 is 11.6 Å². The molecular weight excluding hydrogens is 446 g/mol. The molecule has 0 saturated carbocycles. The first kappa shape index (κ1) is 22.2. The molecule has 0 radical (unpaired) electrons. The molecule has 1 heterocycles. The monoisotopic (exact) mass is 471 g/mol. The normalized spacial score (nSPS) is 14.1. The highest BCUT2D eigenvalue weighted by atomic mass is 35.5. The van der Waals surface area contributed by atoms with Crippen molar-refractivity contribution < 1.29 is 9.47 Å². The Morgan fingerprint density at radius 1 is 0.941 bits per heavy atom. The summed E-state index contributed by atoms with van der Waals surface area (Å²) in [4.78, 5) is 9.51. The minimum atomic E-state index is 0.185. The van der Waals surface area contributed by atoms with Crippen LogP contribution in [-0.2, 0) is 12.8 Å². The van der Waals surface area contributed by atoms with Crippen molar-refractivity contribution in [2.45, 2.75) is 18.8 Å². The van der Waals surface area contributed by atoms with Crippen LogP contribution in [0.15, 0.2) is 72.9 Å². The number of benzene rings is 3. The molecule has 1 N–H and O–H groups in total. The van der Waals surface area contributed by atoms with Crippen LogP contribution in [-0.4, -0.2) is 30.7 Å². The zero-order chi connectivity index (χ0) is 23.5. The van der Waals surface area contributed by atoms with Gasteiger partial charge in [0, 0.05) is 29.2 Å². The third-order valence-electron chi connectivity index (χ3n) is 6.31. The first-order valence-electron chi connectivity index (χ1n) is 11.3. The van der Waals surface area contributed by atoms with Crippen LogP contribution in [0.25, 0.3) is 11.3 Å². The van der Waals surface area contributed by atoms with Crippen molar-refractivity contribution >= 4 is 17.5 Å². The van der Waals surface area contributed by atoms with Gasteiger partial charge < -0.3 is 14.8 Å². The average molecular weight is 472 g/mol. The zero-order valence-electron chi connectivity index (χ0n) is 19.2. The van der Waals surface area contributed by atoms with E-state index < -0.39 is 0 Å². The van der Waals surface area contributed by atoms with Crippen LogP contribution in [0.5, 0.6) is 11.5 Å². The maximum Gasteiger partial charge on any atom is 0.223 e. The molecule has 0 spiro atoms. The molecule has 6 heteroatoms. The van der Waals surface area contributed by atoms with Gasteiger partial charge in [0.2, 0.25) is 5.95 Å². The highest BCUT2D eigenvalue weighted by Gasteiger charge is 2.28. The first-order valence-corrected chi connectivity index (χ1v) is 11.7. The van der Waals surface area contributed by atoms with Crippen molar-refractivity contribution in [3.05, 3.63) is 100 Å². The maximum atomic E-state index is 6.56. The van der Waals surface area contributed by atoms with Crippen molar-refractivity contribution in [1.29, 1.82) is 0 Å². The number of halogens is 1. The maximum absolute atomic E-state index is 6.56. The van der Waals surface area contributed by atoms with Gasteiger partial charge in [0.25, 0.3) is 0 Å². The molecule has 5 rings (SSSR count). The standard InChI is InChI=1S/C28H26ClN3O2/c1-33-25-12-11-18(15-26(25)34-2)13-14-30-28-31-17-19-16-23(21-8-5-6-10-24(21)29)20-7-3-4-9-22(20)27(19)32-28/h3-12,15,17,23H,13-14,16H2,1-2H3,(H,30,31,32). The second kappa shape index (κ2) is 9.74. The molecule has 0 amide bonds. The van der Waals surface area contributed by atoms with Crippen molar-refractivity contribution in [2.24, 2.45) is 0 Å². The molecular formula is C28H26ClN3O2. The summed E-state index contributed by atoms with van der Waals surface area (Å²) >= 11 is 6.56. The predicted octanol–water partition coefficient (Wildman–Crippen LogP) is 6.16. The predicted molar refractivity (Wildman–Crippen MR) is 136 cm³/mol. The van der Waals surface area contributed by atoms with E-state index in [2.05, 4.69) is 40.6 Å². The Hall–Kier alpha value is -3.57. The zero-order valence-corrected chi connectivity index (χ0v) is 20.0. The van der Waals surface area contributed by atoms with Crippen LogP contribution in [0.3, 0.4) is 0 Å². The van der Waals surface area contributed by atoms with Crippen molar-refractivity contribution in [3.63, 3.8) is 0 Å². The van der Waals surface area contributed by atoms with Gasteiger partial charge in [-0.15, -0.1) is 0 Å². The topological polar surface area (TPSA) is 56.3 Å². The number of rotatable bonds is 7. The molecule has 3 aromatic carbocycles. The Kier molecular flexibility index (Phi) is 6.37. The number of nitrogens with zero attached hydrogens (tertiary/aromatic N) is 2. The molecule has 0 saturated heterocycles. The lowest BCUT2D eigenvalue weighted by atomic mass is 9.78. The summed E-state index contributed by atoms with van der Waals surface area (Å²) in [5, 5.41) is 4.17. The number of nitrogens with one attached hydrogen (secondary N) is 1. The van der Waals surface area contributed by atoms with Gasteiger partial charge in [0.05, 0.1) is 19.9 Å². The van der Waals surface area contributed by atoms with Crippen LogP contribution in [0.4, 0.5) is 5.95 Å². The van der Waals surface area contributed by atoms with E-state index in [4.69, 9.17) is 26.1 Å². The summed E-state index contributed by atoms with van der Waals surface area (Å²) in [5.41, 5.74) is 6.80. The third kappa shape index (κ3) is 4.31. The number of aromatic nitrogens is 2.